The molecule has 0 unspecified atom stereocenters. The van der Waals surface area contributed by atoms with Gasteiger partial charge in [0.05, 0.1) is 0 Å². The molecular weight excluding hydrogens is 405 g/mol. The van der Waals surface area contributed by atoms with Crippen LogP contribution in [0.2, 0.25) is 19.1 Å². The van der Waals surface area contributed by atoms with Gasteiger partial charge in [-0.25, -0.2) is 0 Å². The summed E-state index contributed by atoms with van der Waals surface area (Å²) in [6.07, 6.45) is 0. The van der Waals surface area contributed by atoms with E-state index in [0.717, 1.165) is 6.04 Å². The zero-order valence-electron chi connectivity index (χ0n) is 15.9. The van der Waals surface area contributed by atoms with Crippen LogP contribution in [-0.4, -0.2) is 25.3 Å². The van der Waals surface area contributed by atoms with Crippen LogP contribution in [0.5, 0.6) is 0 Å². The number of aliphatic hydroxyl groups excluding tert-OH is 1. The predicted octanol–water partition coefficient (Wildman–Crippen LogP) is -1.67. The van der Waals surface area contributed by atoms with E-state index in [9.17, 15) is 5.11 Å². The van der Waals surface area contributed by atoms with E-state index in [2.05, 4.69) is 90.8 Å². The third-order valence-electron chi connectivity index (χ3n) is 4.59. The molecule has 0 aliphatic heterocycles. The first-order valence-corrected chi connectivity index (χ1v) is 12.2. The van der Waals surface area contributed by atoms with E-state index < -0.39 is 8.07 Å². The molecule has 0 bridgehead atoms. The second-order valence-electron chi connectivity index (χ2n) is 8.03. The van der Waals surface area contributed by atoms with E-state index in [1.165, 1.54) is 31.5 Å². The standard InChI is InChI=1S/C19H28NOSi.2ClH.Ti/c1-14(22(5,6)12-11-21)18-16-10-8-7-9-15(16)13-17(18)20-19(2,3)4;;;/h7-10,20-21H,11-12H2,1-6H3;2*1H;/q;;;+2/p-2. The smallest absolute Gasteiger partial charge is 1.00 e. The average molecular weight is 433 g/mol. The van der Waals surface area contributed by atoms with Crippen molar-refractivity contribution in [1.29, 1.82) is 0 Å². The van der Waals surface area contributed by atoms with E-state index in [-0.39, 0.29) is 37.0 Å². The molecule has 0 fully saturated rings. The van der Waals surface area contributed by atoms with Crippen LogP contribution in [0.1, 0.15) is 38.8 Å². The summed E-state index contributed by atoms with van der Waals surface area (Å²) in [4.78, 5) is 0. The second kappa shape index (κ2) is 9.25. The normalized spacial score (nSPS) is 16.0. The Morgan fingerprint density at radius 1 is 1.12 bits per heavy atom. The summed E-state index contributed by atoms with van der Waals surface area (Å²) < 4.78 is 1.33. The summed E-state index contributed by atoms with van der Waals surface area (Å²) in [5.74, 6) is 0. The molecule has 0 heterocycles. The number of halogens is 2. The quantitative estimate of drug-likeness (QED) is 0.557. The van der Waals surface area contributed by atoms with Gasteiger partial charge in [0.1, 0.15) is 0 Å². The van der Waals surface area contributed by atoms with Gasteiger partial charge in [-0.1, -0.05) is 0 Å². The molecule has 1 aliphatic rings. The van der Waals surface area contributed by atoms with Crippen LogP contribution in [0.4, 0.5) is 0 Å². The van der Waals surface area contributed by atoms with Crippen molar-refractivity contribution in [3.05, 3.63) is 46.3 Å². The maximum absolute atomic E-state index is 9.48. The van der Waals surface area contributed by atoms with Gasteiger partial charge in [-0.15, -0.1) is 0 Å². The molecule has 1 aliphatic carbocycles. The van der Waals surface area contributed by atoms with Crippen molar-refractivity contribution in [2.75, 3.05) is 6.61 Å². The molecule has 0 aromatic heterocycles. The Balaban J connectivity index is 0.00000288. The Bertz CT molecular complexity index is 678. The van der Waals surface area contributed by atoms with E-state index in [1.54, 1.807) is 0 Å². The summed E-state index contributed by atoms with van der Waals surface area (Å²) >= 11 is 2.22. The third-order valence-corrected chi connectivity index (χ3v) is 9.16. The van der Waals surface area contributed by atoms with Crippen molar-refractivity contribution in [2.45, 2.75) is 52.4 Å². The van der Waals surface area contributed by atoms with Crippen molar-refractivity contribution >= 4 is 17.5 Å². The van der Waals surface area contributed by atoms with Crippen molar-refractivity contribution in [3.8, 4) is 0 Å². The summed E-state index contributed by atoms with van der Waals surface area (Å²) in [5.41, 5.74) is 5.34. The molecule has 6 heteroatoms. The van der Waals surface area contributed by atoms with Gasteiger partial charge in [-0.05, 0) is 0 Å². The number of hydrogen-bond donors (Lipinski definition) is 2. The zero-order valence-corrected chi connectivity index (χ0v) is 20.0. The van der Waals surface area contributed by atoms with Crippen LogP contribution in [0.25, 0.3) is 9.45 Å². The maximum atomic E-state index is 9.48. The topological polar surface area (TPSA) is 32.3 Å². The van der Waals surface area contributed by atoms with Gasteiger partial charge in [0.15, 0.2) is 0 Å². The van der Waals surface area contributed by atoms with Crippen LogP contribution in [0, 0.1) is 0 Å². The van der Waals surface area contributed by atoms with Crippen molar-refractivity contribution in [2.24, 2.45) is 0 Å². The van der Waals surface area contributed by atoms with E-state index >= 15 is 0 Å². The first-order chi connectivity index (χ1) is 10.6. The van der Waals surface area contributed by atoms with Crippen molar-refractivity contribution in [3.63, 3.8) is 0 Å². The Hall–Kier alpha value is -0.0288. The number of hydrogen-bond acceptors (Lipinski definition) is 2. The molecule has 1 aromatic rings. The van der Waals surface area contributed by atoms with Crippen LogP contribution in [0.3, 0.4) is 0 Å². The first kappa shape index (κ1) is 25.0. The largest absolute Gasteiger partial charge is 1.00 e. The Kier molecular flexibility index (Phi) is 9.24. The van der Waals surface area contributed by atoms with Crippen LogP contribution < -0.4 is 30.1 Å². The number of nitrogens with one attached hydrogen (secondary N) is 1. The number of fused-ring (bicyclic) bond motifs is 1. The molecule has 2 N–H and O–H groups in total. The van der Waals surface area contributed by atoms with Crippen molar-refractivity contribution in [1.82, 2.24) is 5.32 Å². The molecule has 0 atom stereocenters. The Morgan fingerprint density at radius 3 is 2.12 bits per heavy atom. The van der Waals surface area contributed by atoms with Gasteiger partial charge in [0.2, 0.25) is 0 Å². The average Bonchev–Trinajstić information content (AvgIpc) is 2.70. The van der Waals surface area contributed by atoms with Crippen LogP contribution in [-0.2, 0) is 20.4 Å². The van der Waals surface area contributed by atoms with E-state index in [4.69, 9.17) is 0 Å². The molecule has 2 nitrogen and oxygen atoms in total. The molecule has 137 valence electrons. The van der Waals surface area contributed by atoms with Gasteiger partial charge in [-0.3, -0.25) is 0 Å². The number of rotatable bonds is 4. The Morgan fingerprint density at radius 2 is 1.64 bits per heavy atom. The third kappa shape index (κ3) is 5.48. The molecule has 1 aromatic carbocycles. The van der Waals surface area contributed by atoms with E-state index in [1.807, 2.05) is 0 Å². The van der Waals surface area contributed by atoms with Gasteiger partial charge < -0.3 is 24.8 Å². The van der Waals surface area contributed by atoms with Crippen LogP contribution in [0.15, 0.2) is 35.2 Å². The fourth-order valence-corrected chi connectivity index (χ4v) is 5.51. The molecule has 2 rings (SSSR count). The van der Waals surface area contributed by atoms with Crippen LogP contribution >= 0.6 is 0 Å². The predicted molar refractivity (Wildman–Crippen MR) is 98.2 cm³/mol. The minimum atomic E-state index is -1.63. The summed E-state index contributed by atoms with van der Waals surface area (Å²) in [7, 11) is -1.63. The zero-order chi connectivity index (χ0) is 17.4. The molecule has 0 amide bonds. The fraction of sp³-hybridized carbons (Fsp3) is 0.474. The van der Waals surface area contributed by atoms with Gasteiger partial charge >= 0.3 is 154 Å². The van der Waals surface area contributed by atoms with Gasteiger partial charge in [0.25, 0.3) is 0 Å². The van der Waals surface area contributed by atoms with Gasteiger partial charge in [-0.2, -0.15) is 0 Å². The summed E-state index contributed by atoms with van der Waals surface area (Å²) in [6.45, 7) is 13.9. The minimum absolute atomic E-state index is 0. The van der Waals surface area contributed by atoms with Gasteiger partial charge in [0, 0.05) is 0 Å². The monoisotopic (exact) mass is 432 g/mol. The molecule has 0 saturated carbocycles. The molecule has 0 spiro atoms. The fourth-order valence-electron chi connectivity index (χ4n) is 3.01. The number of allylic oxidation sites excluding steroid dienone is 2. The summed E-state index contributed by atoms with van der Waals surface area (Å²) in [5, 5.41) is 14.7. The van der Waals surface area contributed by atoms with E-state index in [0.29, 0.717) is 0 Å². The first-order valence-electron chi connectivity index (χ1n) is 8.25. The molecular formula is C19H28Cl2NOSiTi. The molecule has 0 saturated heterocycles. The molecule has 0 radical (unpaired) electrons. The number of aliphatic hydroxyl groups is 1. The SMILES string of the molecule is CC(=C1C(NC(C)(C)C)=[C]([Ti+2])c2ccccc21)[Si](C)(C)CCO.[Cl-].[Cl-]. The Labute approximate surface area is 177 Å². The maximum Gasteiger partial charge on any atom is -1.00 e. The van der Waals surface area contributed by atoms with Crippen molar-refractivity contribution < 1.29 is 50.4 Å². The minimum Gasteiger partial charge on any atom is -1.00 e. The molecule has 25 heavy (non-hydrogen) atoms. The second-order valence-corrected chi connectivity index (χ2v) is 13.8. The number of benzene rings is 1. The summed E-state index contributed by atoms with van der Waals surface area (Å²) in [6, 6.07) is 9.60.